The average molecular weight is 772 g/mol. The van der Waals surface area contributed by atoms with Crippen molar-refractivity contribution < 1.29 is 4.74 Å². The molecule has 0 bridgehead atoms. The molecule has 59 heavy (non-hydrogen) atoms. The predicted molar refractivity (Wildman–Crippen MR) is 228 cm³/mol. The Kier molecular flexibility index (Phi) is 6.81. The van der Waals surface area contributed by atoms with Crippen LogP contribution in [0, 0.1) is 29.2 Å². The number of para-hydroxylation sites is 3. The molecule has 0 radical (unpaired) electrons. The van der Waals surface area contributed by atoms with Crippen LogP contribution in [-0.4, -0.2) is 14.5 Å². The van der Waals surface area contributed by atoms with Crippen molar-refractivity contribution in [2.75, 3.05) is 4.90 Å². The van der Waals surface area contributed by atoms with Crippen LogP contribution in [0.1, 0.15) is 33.4 Å². The maximum absolute atomic E-state index is 9.86. The maximum Gasteiger partial charge on any atom is 0.188 e. The van der Waals surface area contributed by atoms with Crippen LogP contribution in [0.15, 0.2) is 162 Å². The van der Waals surface area contributed by atoms with Crippen LogP contribution in [0.2, 0.25) is 0 Å². The second-order valence-corrected chi connectivity index (χ2v) is 15.8. The van der Waals surface area contributed by atoms with E-state index in [0.717, 1.165) is 99.5 Å². The number of aromatic nitrogens is 3. The fraction of sp³-hybridized carbons (Fsp3) is 0.0200. The van der Waals surface area contributed by atoms with Crippen molar-refractivity contribution in [3.63, 3.8) is 0 Å². The molecule has 3 aromatic heterocycles. The van der Waals surface area contributed by atoms with Crippen molar-refractivity contribution in [3.05, 3.63) is 197 Å². The first-order chi connectivity index (χ1) is 29.1. The summed E-state index contributed by atoms with van der Waals surface area (Å²) in [6, 6.07) is 51.1. The first kappa shape index (κ1) is 33.0. The molecule has 0 unspecified atom stereocenters. The lowest BCUT2D eigenvalue weighted by atomic mass is 9.66. The Morgan fingerprint density at radius 3 is 1.81 bits per heavy atom. The van der Waals surface area contributed by atoms with Gasteiger partial charge in [0.1, 0.15) is 11.5 Å². The largest absolute Gasteiger partial charge is 0.457 e. The van der Waals surface area contributed by atoms with Crippen LogP contribution >= 0.6 is 11.8 Å². The number of hydrogen-bond acceptors (Lipinski definition) is 7. The Morgan fingerprint density at radius 1 is 0.593 bits per heavy atom. The van der Waals surface area contributed by atoms with Gasteiger partial charge in [0.15, 0.2) is 5.69 Å². The van der Waals surface area contributed by atoms with Gasteiger partial charge >= 0.3 is 0 Å². The van der Waals surface area contributed by atoms with Crippen molar-refractivity contribution in [2.24, 2.45) is 0 Å². The summed E-state index contributed by atoms with van der Waals surface area (Å²) in [5.41, 5.74) is 11.8. The molecule has 9 aromatic rings. The fourth-order valence-electron chi connectivity index (χ4n) is 9.36. The van der Waals surface area contributed by atoms with Crippen LogP contribution in [0.5, 0.6) is 11.5 Å². The molecule has 6 aromatic carbocycles. The molecule has 9 heteroatoms. The minimum Gasteiger partial charge on any atom is -0.457 e. The molecule has 0 saturated carbocycles. The molecular weight excluding hydrogens is 747 g/mol. The van der Waals surface area contributed by atoms with E-state index in [1.54, 1.807) is 11.8 Å². The second kappa shape index (κ2) is 12.2. The molecular formula is C50H25N7OS. The number of benzene rings is 6. The molecule has 8 nitrogen and oxygen atoms in total. The molecule has 0 saturated heterocycles. The quantitative estimate of drug-likeness (QED) is 0.161. The Hall–Kier alpha value is -8.16. The highest BCUT2D eigenvalue weighted by atomic mass is 32.2. The van der Waals surface area contributed by atoms with Gasteiger partial charge in [-0.2, -0.15) is 10.5 Å². The highest BCUT2D eigenvalue weighted by molar-refractivity contribution is 7.99. The summed E-state index contributed by atoms with van der Waals surface area (Å²) in [5.74, 6) is 1.50. The third-order valence-electron chi connectivity index (χ3n) is 11.8. The number of nitriles is 2. The van der Waals surface area contributed by atoms with Crippen LogP contribution in [0.25, 0.3) is 43.7 Å². The zero-order chi connectivity index (χ0) is 39.4. The van der Waals surface area contributed by atoms with E-state index in [2.05, 4.69) is 81.0 Å². The molecule has 5 heterocycles. The van der Waals surface area contributed by atoms with Gasteiger partial charge in [0.2, 0.25) is 0 Å². The summed E-state index contributed by atoms with van der Waals surface area (Å²) >= 11 is 1.67. The summed E-state index contributed by atoms with van der Waals surface area (Å²) < 4.78 is 8.85. The second-order valence-electron chi connectivity index (χ2n) is 14.7. The maximum atomic E-state index is 9.86. The first-order valence-corrected chi connectivity index (χ1v) is 19.8. The van der Waals surface area contributed by atoms with Crippen molar-refractivity contribution in [2.45, 2.75) is 15.2 Å². The minimum absolute atomic E-state index is 0.544. The van der Waals surface area contributed by atoms with E-state index in [-0.39, 0.29) is 0 Å². The number of nitrogens with zero attached hydrogens (tertiary/aromatic N) is 7. The summed E-state index contributed by atoms with van der Waals surface area (Å²) in [5, 5.41) is 21.5. The van der Waals surface area contributed by atoms with Gasteiger partial charge in [0, 0.05) is 42.8 Å². The summed E-state index contributed by atoms with van der Waals surface area (Å²) in [4.78, 5) is 18.7. The van der Waals surface area contributed by atoms with Gasteiger partial charge < -0.3 is 14.2 Å². The van der Waals surface area contributed by atoms with Crippen molar-refractivity contribution in [3.8, 4) is 40.7 Å². The van der Waals surface area contributed by atoms with Gasteiger partial charge in [0.05, 0.1) is 92.8 Å². The molecule has 272 valence electrons. The Balaban J connectivity index is 1.16. The fourth-order valence-corrected chi connectivity index (χ4v) is 10.4. The smallest absolute Gasteiger partial charge is 0.188 e. The lowest BCUT2D eigenvalue weighted by Gasteiger charge is -2.39. The Morgan fingerprint density at radius 2 is 1.17 bits per heavy atom. The standard InChI is InChI=1S/C50H25N7OS/c1-53-31-16-19-43-47(22-31)59-46-13-7-4-10-42(46)57(43)33-24-39-49(55-28-33)48-38(50(39)36-8-2-5-11-44(36)58-45-12-6-3-9-37(45)50)23-32(27-54-48)56-40-17-14-29(25-51)20-34(40)35-21-30(26-52)15-18-41(35)56/h2-24,27-28H. The molecule has 3 aliphatic rings. The van der Waals surface area contributed by atoms with Gasteiger partial charge in [-0.05, 0) is 84.9 Å². The summed E-state index contributed by atoms with van der Waals surface area (Å²) in [7, 11) is 0. The van der Waals surface area contributed by atoms with E-state index in [4.69, 9.17) is 21.3 Å². The van der Waals surface area contributed by atoms with Gasteiger partial charge in [-0.15, -0.1) is 0 Å². The van der Waals surface area contributed by atoms with E-state index in [0.29, 0.717) is 16.8 Å². The molecule has 0 fully saturated rings. The molecule has 0 amide bonds. The van der Waals surface area contributed by atoms with E-state index >= 15 is 0 Å². The molecule has 0 N–H and O–H groups in total. The average Bonchev–Trinajstić information content (AvgIpc) is 3.76. The lowest BCUT2D eigenvalue weighted by molar-refractivity contribution is 0.436. The van der Waals surface area contributed by atoms with Gasteiger partial charge in [-0.1, -0.05) is 66.4 Å². The molecule has 1 spiro atoms. The number of rotatable bonds is 2. The number of pyridine rings is 2. The Bertz CT molecular complexity index is 3360. The zero-order valence-electron chi connectivity index (χ0n) is 30.9. The number of fused-ring (bicyclic) bond motifs is 14. The normalized spacial score (nSPS) is 13.5. The first-order valence-electron chi connectivity index (χ1n) is 18.9. The Labute approximate surface area is 342 Å². The molecule has 2 aliphatic heterocycles. The van der Waals surface area contributed by atoms with Gasteiger partial charge in [-0.25, -0.2) is 4.85 Å². The van der Waals surface area contributed by atoms with Crippen molar-refractivity contribution >= 4 is 56.3 Å². The summed E-state index contributed by atoms with van der Waals surface area (Å²) in [6.07, 6.45) is 3.83. The van der Waals surface area contributed by atoms with Crippen LogP contribution in [0.3, 0.4) is 0 Å². The summed E-state index contributed by atoms with van der Waals surface area (Å²) in [6.45, 7) is 7.72. The van der Waals surface area contributed by atoms with E-state index in [1.165, 1.54) is 0 Å². The third-order valence-corrected chi connectivity index (χ3v) is 12.9. The van der Waals surface area contributed by atoms with Crippen molar-refractivity contribution in [1.82, 2.24) is 14.5 Å². The van der Waals surface area contributed by atoms with Gasteiger partial charge in [-0.3, -0.25) is 9.97 Å². The molecule has 1 aliphatic carbocycles. The highest BCUT2D eigenvalue weighted by Gasteiger charge is 2.53. The number of ether oxygens (including phenoxy) is 1. The zero-order valence-corrected chi connectivity index (χ0v) is 31.7. The number of anilines is 3. The minimum atomic E-state index is -0.885. The highest BCUT2D eigenvalue weighted by Crippen LogP contribution is 2.62. The lowest BCUT2D eigenvalue weighted by Crippen LogP contribution is -2.32. The van der Waals surface area contributed by atoms with Crippen LogP contribution in [0.4, 0.5) is 22.7 Å². The molecule has 0 atom stereocenters. The van der Waals surface area contributed by atoms with Gasteiger partial charge in [0.25, 0.3) is 0 Å². The van der Waals surface area contributed by atoms with Crippen LogP contribution < -0.4 is 9.64 Å². The van der Waals surface area contributed by atoms with Crippen molar-refractivity contribution in [1.29, 1.82) is 10.5 Å². The third kappa shape index (κ3) is 4.46. The predicted octanol–water partition coefficient (Wildman–Crippen LogP) is 12.3. The SMILES string of the molecule is [C-]#[N+]c1ccc2c(c1)Sc1ccccc1N2c1cnc2c(c1)C1(c3ccccc3Oc3ccccc31)c1cc(-n3c4ccc(C#N)cc4c4cc(C#N)ccc43)cnc1-2. The number of hydrogen-bond donors (Lipinski definition) is 0. The monoisotopic (exact) mass is 771 g/mol. The van der Waals surface area contributed by atoms with E-state index in [1.807, 2.05) is 97.3 Å². The topological polar surface area (TPSA) is 95.1 Å². The molecule has 12 rings (SSSR count). The van der Waals surface area contributed by atoms with E-state index in [9.17, 15) is 10.5 Å². The van der Waals surface area contributed by atoms with Crippen LogP contribution in [-0.2, 0) is 5.41 Å². The van der Waals surface area contributed by atoms with E-state index < -0.39 is 5.41 Å².